The van der Waals surface area contributed by atoms with Gasteiger partial charge in [-0.2, -0.15) is 0 Å². The lowest BCUT2D eigenvalue weighted by Gasteiger charge is -2.56. The Morgan fingerprint density at radius 3 is 2.84 bits per heavy atom. The minimum atomic E-state index is -0.191. The fourth-order valence-corrected chi connectivity index (χ4v) is 5.13. The van der Waals surface area contributed by atoms with Crippen LogP contribution in [0.1, 0.15) is 58.8 Å². The number of rotatable bonds is 1. The number of fused-ring (bicyclic) bond motifs is 3. The van der Waals surface area contributed by atoms with E-state index in [9.17, 15) is 9.59 Å². The molecule has 3 rings (SSSR count). The average molecular weight is 260 g/mol. The van der Waals surface area contributed by atoms with E-state index in [0.29, 0.717) is 18.1 Å². The van der Waals surface area contributed by atoms with Crippen LogP contribution in [0.5, 0.6) is 0 Å². The van der Waals surface area contributed by atoms with Crippen molar-refractivity contribution in [2.24, 2.45) is 22.7 Å². The maximum atomic E-state index is 12.0. The summed E-state index contributed by atoms with van der Waals surface area (Å²) < 4.78 is 0. The van der Waals surface area contributed by atoms with E-state index >= 15 is 0 Å². The molecule has 0 bridgehead atoms. The molecule has 19 heavy (non-hydrogen) atoms. The maximum Gasteiger partial charge on any atom is 0.136 e. The first-order chi connectivity index (χ1) is 9.03. The van der Waals surface area contributed by atoms with Crippen LogP contribution >= 0.6 is 0 Å². The van der Waals surface area contributed by atoms with Crippen LogP contribution in [0.25, 0.3) is 0 Å². The van der Waals surface area contributed by atoms with Crippen molar-refractivity contribution in [3.63, 3.8) is 0 Å². The summed E-state index contributed by atoms with van der Waals surface area (Å²) in [6, 6.07) is 0. The quantitative estimate of drug-likeness (QED) is 0.532. The van der Waals surface area contributed by atoms with Crippen LogP contribution in [0.15, 0.2) is 11.6 Å². The number of hydrogen-bond acceptors (Lipinski definition) is 2. The van der Waals surface area contributed by atoms with Gasteiger partial charge in [0.2, 0.25) is 0 Å². The number of carbonyl (C=O) groups excluding carboxylic acids is 2. The highest BCUT2D eigenvalue weighted by Crippen LogP contribution is 2.61. The van der Waals surface area contributed by atoms with Gasteiger partial charge in [0, 0.05) is 17.8 Å². The largest absolute Gasteiger partial charge is 0.302 e. The van der Waals surface area contributed by atoms with Crippen LogP contribution in [0.3, 0.4) is 0 Å². The summed E-state index contributed by atoms with van der Waals surface area (Å²) in [6.07, 6.45) is 10.5. The number of allylic oxidation sites excluding steroid dienone is 2. The molecular formula is C17H24O2. The van der Waals surface area contributed by atoms with Crippen LogP contribution < -0.4 is 0 Å². The third-order valence-electron chi connectivity index (χ3n) is 6.27. The van der Waals surface area contributed by atoms with Gasteiger partial charge in [-0.3, -0.25) is 4.79 Å². The van der Waals surface area contributed by atoms with Gasteiger partial charge in [0.05, 0.1) is 0 Å². The third kappa shape index (κ3) is 1.68. The lowest BCUT2D eigenvalue weighted by molar-refractivity contribution is -0.133. The Labute approximate surface area is 115 Å². The predicted octanol–water partition coefficient (Wildman–Crippen LogP) is 3.70. The molecule has 0 radical (unpaired) electrons. The fraction of sp³-hybridized carbons (Fsp3) is 0.765. The molecule has 0 N–H and O–H groups in total. The molecule has 0 aromatic rings. The summed E-state index contributed by atoms with van der Waals surface area (Å²) >= 11 is 0. The first-order valence-corrected chi connectivity index (χ1v) is 7.74. The summed E-state index contributed by atoms with van der Waals surface area (Å²) in [6.45, 7) is 4.41. The van der Waals surface area contributed by atoms with Gasteiger partial charge < -0.3 is 4.79 Å². The van der Waals surface area contributed by atoms with E-state index in [1.54, 1.807) is 0 Å². The highest BCUT2D eigenvalue weighted by molar-refractivity contribution is 5.82. The molecule has 0 aromatic carbocycles. The molecule has 3 aliphatic rings. The molecule has 0 amide bonds. The molecule has 2 nitrogen and oxygen atoms in total. The molecule has 2 heteroatoms. The van der Waals surface area contributed by atoms with Gasteiger partial charge in [0.1, 0.15) is 12.1 Å². The zero-order chi connectivity index (χ0) is 13.7. The van der Waals surface area contributed by atoms with E-state index in [1.165, 1.54) is 11.9 Å². The van der Waals surface area contributed by atoms with E-state index in [0.717, 1.165) is 38.5 Å². The van der Waals surface area contributed by atoms with Crippen molar-refractivity contribution < 1.29 is 9.59 Å². The Balaban J connectivity index is 2.05. The summed E-state index contributed by atoms with van der Waals surface area (Å²) in [7, 11) is 0. The van der Waals surface area contributed by atoms with Crippen molar-refractivity contribution >= 4 is 12.1 Å². The monoisotopic (exact) mass is 260 g/mol. The van der Waals surface area contributed by atoms with Crippen molar-refractivity contribution in [1.82, 2.24) is 0 Å². The van der Waals surface area contributed by atoms with Gasteiger partial charge >= 0.3 is 0 Å². The molecule has 104 valence electrons. The van der Waals surface area contributed by atoms with E-state index in [2.05, 4.69) is 19.9 Å². The highest BCUT2D eigenvalue weighted by atomic mass is 16.1. The van der Waals surface area contributed by atoms with E-state index < -0.39 is 0 Å². The zero-order valence-electron chi connectivity index (χ0n) is 12.1. The second kappa shape index (κ2) is 4.29. The van der Waals surface area contributed by atoms with Crippen LogP contribution in [-0.4, -0.2) is 12.1 Å². The molecular weight excluding hydrogens is 236 g/mol. The fourth-order valence-electron chi connectivity index (χ4n) is 5.13. The molecule has 2 saturated carbocycles. The molecule has 0 spiro atoms. The summed E-state index contributed by atoms with van der Waals surface area (Å²) in [5.41, 5.74) is 1.29. The van der Waals surface area contributed by atoms with Crippen LogP contribution in [-0.2, 0) is 9.59 Å². The summed E-state index contributed by atoms with van der Waals surface area (Å²) in [5, 5.41) is 0. The van der Waals surface area contributed by atoms with Gasteiger partial charge in [-0.15, -0.1) is 0 Å². The van der Waals surface area contributed by atoms with Crippen LogP contribution in [0, 0.1) is 22.7 Å². The Morgan fingerprint density at radius 2 is 2.11 bits per heavy atom. The molecule has 0 heterocycles. The number of hydrogen-bond donors (Lipinski definition) is 0. The second-order valence-corrected chi connectivity index (χ2v) is 7.10. The van der Waals surface area contributed by atoms with Crippen molar-refractivity contribution in [3.8, 4) is 0 Å². The first kappa shape index (κ1) is 13.1. The lowest BCUT2D eigenvalue weighted by atomic mass is 9.47. The standard InChI is InChI=1S/C17H24O2/c1-12-13-6-10-17(11-18)8-4-3-5-15(17)16(13,2)9-7-14(12)19/h5,11-13H,3-4,6-10H2,1-2H3/t12-,13-,16-,17+/m0/s1. The Morgan fingerprint density at radius 1 is 1.32 bits per heavy atom. The summed E-state index contributed by atoms with van der Waals surface area (Å²) in [5.74, 6) is 1.05. The van der Waals surface area contributed by atoms with Crippen LogP contribution in [0.2, 0.25) is 0 Å². The molecule has 0 aliphatic heterocycles. The van der Waals surface area contributed by atoms with Crippen molar-refractivity contribution in [2.45, 2.75) is 58.8 Å². The minimum Gasteiger partial charge on any atom is -0.302 e. The number of ketones is 1. The number of aldehydes is 1. The Hall–Kier alpha value is -0.920. The topological polar surface area (TPSA) is 34.1 Å². The number of carbonyl (C=O) groups is 2. The predicted molar refractivity (Wildman–Crippen MR) is 74.7 cm³/mol. The third-order valence-corrected chi connectivity index (χ3v) is 6.27. The van der Waals surface area contributed by atoms with E-state index in [1.807, 2.05) is 0 Å². The number of Topliss-reactive ketones (excluding diaryl/α,β-unsaturated/α-hetero) is 1. The lowest BCUT2D eigenvalue weighted by Crippen LogP contribution is -2.51. The Kier molecular flexibility index (Phi) is 2.95. The molecule has 0 unspecified atom stereocenters. The van der Waals surface area contributed by atoms with Crippen molar-refractivity contribution in [1.29, 1.82) is 0 Å². The van der Waals surface area contributed by atoms with Gasteiger partial charge in [-0.25, -0.2) is 0 Å². The van der Waals surface area contributed by atoms with Crippen molar-refractivity contribution in [3.05, 3.63) is 11.6 Å². The average Bonchev–Trinajstić information content (AvgIpc) is 2.43. The maximum absolute atomic E-state index is 12.0. The van der Waals surface area contributed by atoms with E-state index in [4.69, 9.17) is 0 Å². The smallest absolute Gasteiger partial charge is 0.136 e. The molecule has 0 aromatic heterocycles. The second-order valence-electron chi connectivity index (χ2n) is 7.10. The first-order valence-electron chi connectivity index (χ1n) is 7.74. The molecule has 4 atom stereocenters. The van der Waals surface area contributed by atoms with E-state index in [-0.39, 0.29) is 16.7 Å². The van der Waals surface area contributed by atoms with Gasteiger partial charge in [-0.1, -0.05) is 25.5 Å². The van der Waals surface area contributed by atoms with Gasteiger partial charge in [0.25, 0.3) is 0 Å². The Bertz CT molecular complexity index is 450. The summed E-state index contributed by atoms with van der Waals surface area (Å²) in [4.78, 5) is 23.8. The van der Waals surface area contributed by atoms with Gasteiger partial charge in [-0.05, 0) is 49.9 Å². The molecule has 0 saturated heterocycles. The highest BCUT2D eigenvalue weighted by Gasteiger charge is 2.55. The minimum absolute atomic E-state index is 0.0902. The molecule has 2 fully saturated rings. The van der Waals surface area contributed by atoms with Crippen LogP contribution in [0.4, 0.5) is 0 Å². The van der Waals surface area contributed by atoms with Gasteiger partial charge in [0.15, 0.2) is 0 Å². The molecule has 3 aliphatic carbocycles. The normalized spacial score (nSPS) is 46.0. The van der Waals surface area contributed by atoms with Crippen molar-refractivity contribution in [2.75, 3.05) is 0 Å². The SMILES string of the molecule is C[C@@H]1C(=O)CC[C@]2(C)C3=CCCC[C@]3(C=O)CC[C@@H]12. The zero-order valence-corrected chi connectivity index (χ0v) is 12.1.